The Morgan fingerprint density at radius 1 is 1.33 bits per heavy atom. The van der Waals surface area contributed by atoms with Crippen LogP contribution in [0.4, 0.5) is 10.5 Å². The van der Waals surface area contributed by atoms with Crippen molar-refractivity contribution >= 4 is 17.7 Å². The molecule has 0 aromatic heterocycles. The molecular formula is C12H15N3O3. The first-order valence-corrected chi connectivity index (χ1v) is 5.62. The van der Waals surface area contributed by atoms with Crippen LogP contribution >= 0.6 is 0 Å². The van der Waals surface area contributed by atoms with Crippen molar-refractivity contribution in [2.45, 2.75) is 6.92 Å². The zero-order valence-electron chi connectivity index (χ0n) is 10.0. The number of hydrogen-bond acceptors (Lipinski definition) is 3. The van der Waals surface area contributed by atoms with E-state index in [1.54, 1.807) is 12.1 Å². The second kappa shape index (κ2) is 4.66. The molecule has 1 heterocycles. The molecule has 1 aliphatic heterocycles. The van der Waals surface area contributed by atoms with E-state index >= 15 is 0 Å². The number of carbonyl (C=O) groups excluding carboxylic acids is 1. The number of nitrogens with zero attached hydrogens (tertiary/aromatic N) is 2. The van der Waals surface area contributed by atoms with Gasteiger partial charge in [-0.3, -0.25) is 4.79 Å². The van der Waals surface area contributed by atoms with E-state index in [0.717, 1.165) is 10.6 Å². The molecule has 0 saturated carbocycles. The van der Waals surface area contributed by atoms with Crippen molar-refractivity contribution in [3.05, 3.63) is 29.8 Å². The van der Waals surface area contributed by atoms with Gasteiger partial charge in [0.05, 0.1) is 11.6 Å². The van der Waals surface area contributed by atoms with E-state index in [1.165, 1.54) is 4.90 Å². The molecular weight excluding hydrogens is 234 g/mol. The van der Waals surface area contributed by atoms with Gasteiger partial charge in [-0.15, -0.1) is 0 Å². The number of likely N-dealkylation sites (tertiary alicyclic amines) is 1. The topological polar surface area (TPSA) is 86.9 Å². The van der Waals surface area contributed by atoms with Gasteiger partial charge in [0.2, 0.25) is 5.91 Å². The van der Waals surface area contributed by atoms with Crippen LogP contribution in [0.5, 0.6) is 0 Å². The van der Waals surface area contributed by atoms with Crippen molar-refractivity contribution in [1.82, 2.24) is 4.90 Å². The van der Waals surface area contributed by atoms with Gasteiger partial charge in [0.1, 0.15) is 0 Å². The second-order valence-corrected chi connectivity index (χ2v) is 4.43. The average Bonchev–Trinajstić information content (AvgIpc) is 2.26. The number of carboxylic acid groups (broad SMARTS) is 1. The van der Waals surface area contributed by atoms with Crippen molar-refractivity contribution in [1.29, 1.82) is 0 Å². The Balaban J connectivity index is 1.98. The summed E-state index contributed by atoms with van der Waals surface area (Å²) < 4.78 is 0. The smallest absolute Gasteiger partial charge is 0.407 e. The van der Waals surface area contributed by atoms with Gasteiger partial charge in [-0.25, -0.2) is 15.6 Å². The van der Waals surface area contributed by atoms with Gasteiger partial charge in [0, 0.05) is 13.1 Å². The van der Waals surface area contributed by atoms with E-state index in [4.69, 9.17) is 10.9 Å². The van der Waals surface area contributed by atoms with Gasteiger partial charge < -0.3 is 10.0 Å². The Labute approximate surface area is 105 Å². The molecule has 1 aromatic rings. The van der Waals surface area contributed by atoms with Crippen LogP contribution in [0.3, 0.4) is 0 Å². The average molecular weight is 249 g/mol. The van der Waals surface area contributed by atoms with Crippen LogP contribution in [-0.4, -0.2) is 35.1 Å². The van der Waals surface area contributed by atoms with Gasteiger partial charge in [-0.2, -0.15) is 0 Å². The zero-order valence-corrected chi connectivity index (χ0v) is 10.0. The number of carbonyl (C=O) groups is 2. The van der Waals surface area contributed by atoms with Crippen LogP contribution in [0.15, 0.2) is 24.3 Å². The summed E-state index contributed by atoms with van der Waals surface area (Å²) in [5.41, 5.74) is 1.69. The minimum absolute atomic E-state index is 0.216. The highest BCUT2D eigenvalue weighted by Crippen LogP contribution is 2.20. The van der Waals surface area contributed by atoms with E-state index in [2.05, 4.69) is 0 Å². The number of benzene rings is 1. The molecule has 0 bridgehead atoms. The molecule has 0 aliphatic carbocycles. The highest BCUT2D eigenvalue weighted by Gasteiger charge is 2.37. The predicted molar refractivity (Wildman–Crippen MR) is 65.9 cm³/mol. The molecule has 1 saturated heterocycles. The van der Waals surface area contributed by atoms with E-state index in [0.29, 0.717) is 5.69 Å². The highest BCUT2D eigenvalue weighted by atomic mass is 16.4. The maximum Gasteiger partial charge on any atom is 0.407 e. The molecule has 6 nitrogen and oxygen atoms in total. The van der Waals surface area contributed by atoms with Gasteiger partial charge >= 0.3 is 6.09 Å². The monoisotopic (exact) mass is 249 g/mol. The third kappa shape index (κ3) is 2.28. The van der Waals surface area contributed by atoms with Crippen LogP contribution in [0.2, 0.25) is 0 Å². The standard InChI is InChI=1S/C12H15N3O3/c1-8-2-4-10(5-3-8)15(13)11(16)9-6-14(7-9)12(17)18/h2-5,9H,6-7,13H2,1H3,(H,17,18). The molecule has 2 amide bonds. The molecule has 1 fully saturated rings. The number of hydrazine groups is 1. The third-order valence-corrected chi connectivity index (χ3v) is 3.05. The van der Waals surface area contributed by atoms with Crippen LogP contribution in [0.25, 0.3) is 0 Å². The van der Waals surface area contributed by atoms with Gasteiger partial charge in [-0.05, 0) is 19.1 Å². The van der Waals surface area contributed by atoms with Crippen molar-refractivity contribution in [3.63, 3.8) is 0 Å². The van der Waals surface area contributed by atoms with E-state index in [1.807, 2.05) is 19.1 Å². The molecule has 3 N–H and O–H groups in total. The molecule has 1 aromatic carbocycles. The fourth-order valence-electron chi connectivity index (χ4n) is 1.82. The van der Waals surface area contributed by atoms with Crippen LogP contribution in [-0.2, 0) is 4.79 Å². The van der Waals surface area contributed by atoms with Crippen LogP contribution in [0.1, 0.15) is 5.56 Å². The van der Waals surface area contributed by atoms with Crippen molar-refractivity contribution in [2.24, 2.45) is 11.8 Å². The summed E-state index contributed by atoms with van der Waals surface area (Å²) in [5.74, 6) is 5.14. The maximum absolute atomic E-state index is 12.0. The largest absolute Gasteiger partial charge is 0.465 e. The van der Waals surface area contributed by atoms with E-state index in [-0.39, 0.29) is 24.9 Å². The van der Waals surface area contributed by atoms with Crippen molar-refractivity contribution in [3.8, 4) is 0 Å². The Morgan fingerprint density at radius 2 is 1.89 bits per heavy atom. The SMILES string of the molecule is Cc1ccc(N(N)C(=O)C2CN(C(=O)O)C2)cc1. The lowest BCUT2D eigenvalue weighted by Crippen LogP contribution is -2.57. The first-order chi connectivity index (χ1) is 8.49. The minimum Gasteiger partial charge on any atom is -0.465 e. The molecule has 2 rings (SSSR count). The first kappa shape index (κ1) is 12.4. The Kier molecular flexibility index (Phi) is 3.20. The fraction of sp³-hybridized carbons (Fsp3) is 0.333. The summed E-state index contributed by atoms with van der Waals surface area (Å²) in [6.45, 7) is 2.38. The van der Waals surface area contributed by atoms with Crippen LogP contribution in [0, 0.1) is 12.8 Å². The molecule has 0 atom stereocenters. The number of nitrogens with two attached hydrogens (primary N) is 1. The molecule has 6 heteroatoms. The minimum atomic E-state index is -1.00. The lowest BCUT2D eigenvalue weighted by Gasteiger charge is -2.37. The summed E-state index contributed by atoms with van der Waals surface area (Å²) >= 11 is 0. The third-order valence-electron chi connectivity index (χ3n) is 3.05. The van der Waals surface area contributed by atoms with Crippen molar-refractivity contribution in [2.75, 3.05) is 18.1 Å². The summed E-state index contributed by atoms with van der Waals surface area (Å²) in [7, 11) is 0. The molecule has 0 unspecified atom stereocenters. The van der Waals surface area contributed by atoms with Gasteiger partial charge in [0.15, 0.2) is 0 Å². The lowest BCUT2D eigenvalue weighted by molar-refractivity contribution is -0.126. The Bertz CT molecular complexity index is 466. The van der Waals surface area contributed by atoms with E-state index in [9.17, 15) is 9.59 Å². The number of anilines is 1. The zero-order chi connectivity index (χ0) is 13.3. The summed E-state index contributed by atoms with van der Waals surface area (Å²) in [4.78, 5) is 23.7. The normalized spacial score (nSPS) is 15.1. The van der Waals surface area contributed by atoms with Gasteiger partial charge in [-0.1, -0.05) is 17.7 Å². The molecule has 0 radical (unpaired) electrons. The second-order valence-electron chi connectivity index (χ2n) is 4.43. The highest BCUT2D eigenvalue weighted by molar-refractivity contribution is 5.95. The molecule has 1 aliphatic rings. The lowest BCUT2D eigenvalue weighted by atomic mass is 9.99. The number of aryl methyl sites for hydroxylation is 1. The molecule has 96 valence electrons. The Hall–Kier alpha value is -2.08. The number of amides is 2. The quantitative estimate of drug-likeness (QED) is 0.461. The first-order valence-electron chi connectivity index (χ1n) is 5.62. The van der Waals surface area contributed by atoms with Crippen LogP contribution < -0.4 is 10.9 Å². The summed E-state index contributed by atoms with van der Waals surface area (Å²) in [6.07, 6.45) is -1.00. The number of rotatable bonds is 2. The summed E-state index contributed by atoms with van der Waals surface area (Å²) in [5, 5.41) is 9.78. The molecule has 0 spiro atoms. The van der Waals surface area contributed by atoms with Gasteiger partial charge in [0.25, 0.3) is 0 Å². The fourth-order valence-corrected chi connectivity index (χ4v) is 1.82. The number of hydrogen-bond donors (Lipinski definition) is 2. The predicted octanol–water partition coefficient (Wildman–Crippen LogP) is 0.812. The van der Waals surface area contributed by atoms with E-state index < -0.39 is 6.09 Å². The maximum atomic E-state index is 12.0. The van der Waals surface area contributed by atoms with Crippen molar-refractivity contribution < 1.29 is 14.7 Å². The molecule has 18 heavy (non-hydrogen) atoms. The summed E-state index contributed by atoms with van der Waals surface area (Å²) in [6, 6.07) is 7.27. The Morgan fingerprint density at radius 3 is 2.39 bits per heavy atom.